The molecule has 0 bridgehead atoms. The van der Waals surface area contributed by atoms with Crippen LogP contribution in [0.4, 0.5) is 4.39 Å². The first-order valence-corrected chi connectivity index (χ1v) is 7.46. The van der Waals surface area contributed by atoms with Gasteiger partial charge in [0, 0.05) is 10.7 Å². The highest BCUT2D eigenvalue weighted by molar-refractivity contribution is 9.10. The molecule has 0 spiro atoms. The summed E-state index contributed by atoms with van der Waals surface area (Å²) in [5, 5.41) is 0. The van der Waals surface area contributed by atoms with Gasteiger partial charge in [0.15, 0.2) is 0 Å². The Hall–Kier alpha value is -2.00. The van der Waals surface area contributed by atoms with Crippen molar-refractivity contribution < 1.29 is 4.39 Å². The van der Waals surface area contributed by atoms with Crippen LogP contribution in [0.2, 0.25) is 0 Å². The molecule has 3 aromatic rings. The molecule has 0 radical (unpaired) electrons. The van der Waals surface area contributed by atoms with Crippen LogP contribution in [0.1, 0.15) is 22.7 Å². The molecular formula is C18H13BrFN. The topological polar surface area (TPSA) is 12.9 Å². The summed E-state index contributed by atoms with van der Waals surface area (Å²) in [7, 11) is 0. The van der Waals surface area contributed by atoms with Crippen molar-refractivity contribution in [1.29, 1.82) is 0 Å². The van der Waals surface area contributed by atoms with Crippen LogP contribution in [0, 0.1) is 5.82 Å². The van der Waals surface area contributed by atoms with E-state index in [-0.39, 0.29) is 11.7 Å². The molecule has 0 N–H and O–H groups in total. The van der Waals surface area contributed by atoms with E-state index in [1.165, 1.54) is 12.1 Å². The van der Waals surface area contributed by atoms with Gasteiger partial charge in [-0.05, 0) is 35.4 Å². The Morgan fingerprint density at radius 3 is 2.33 bits per heavy atom. The largest absolute Gasteiger partial charge is 0.260 e. The van der Waals surface area contributed by atoms with Crippen LogP contribution in [0.3, 0.4) is 0 Å². The highest BCUT2D eigenvalue weighted by Gasteiger charge is 2.20. The quantitative estimate of drug-likeness (QED) is 0.640. The van der Waals surface area contributed by atoms with E-state index in [9.17, 15) is 4.39 Å². The second kappa shape index (κ2) is 6.19. The summed E-state index contributed by atoms with van der Waals surface area (Å²) in [5.41, 5.74) is 3.07. The summed E-state index contributed by atoms with van der Waals surface area (Å²) >= 11 is 3.47. The summed E-state index contributed by atoms with van der Waals surface area (Å²) in [6, 6.07) is 20.8. The second-order valence-corrected chi connectivity index (χ2v) is 5.62. The van der Waals surface area contributed by atoms with Crippen LogP contribution in [0.25, 0.3) is 0 Å². The standard InChI is InChI=1S/C18H13BrFN/c19-16-12-14(20)9-10-15(16)18(13-6-2-1-3-7-13)17-8-4-5-11-21-17/h1-12,18H. The predicted octanol–water partition coefficient (Wildman–Crippen LogP) is 5.16. The van der Waals surface area contributed by atoms with Crippen molar-refractivity contribution >= 4 is 15.9 Å². The molecule has 3 heteroatoms. The highest BCUT2D eigenvalue weighted by Crippen LogP contribution is 2.35. The van der Waals surface area contributed by atoms with Gasteiger partial charge in [0.05, 0.1) is 11.6 Å². The molecule has 1 atom stereocenters. The maximum atomic E-state index is 13.4. The van der Waals surface area contributed by atoms with E-state index in [4.69, 9.17) is 0 Å². The fourth-order valence-corrected chi connectivity index (χ4v) is 3.02. The molecule has 0 saturated carbocycles. The molecule has 1 heterocycles. The van der Waals surface area contributed by atoms with Crippen molar-refractivity contribution in [2.24, 2.45) is 0 Å². The number of rotatable bonds is 3. The van der Waals surface area contributed by atoms with Crippen molar-refractivity contribution in [2.75, 3.05) is 0 Å². The number of nitrogens with zero attached hydrogens (tertiary/aromatic N) is 1. The molecule has 2 aromatic carbocycles. The molecule has 0 amide bonds. The lowest BCUT2D eigenvalue weighted by molar-refractivity contribution is 0.625. The third-order valence-corrected chi connectivity index (χ3v) is 4.08. The van der Waals surface area contributed by atoms with Gasteiger partial charge in [-0.15, -0.1) is 0 Å². The summed E-state index contributed by atoms with van der Waals surface area (Å²) in [6.45, 7) is 0. The van der Waals surface area contributed by atoms with E-state index < -0.39 is 0 Å². The fraction of sp³-hybridized carbons (Fsp3) is 0.0556. The van der Waals surface area contributed by atoms with Crippen LogP contribution in [0.15, 0.2) is 77.4 Å². The SMILES string of the molecule is Fc1ccc(C(c2ccccc2)c2ccccn2)c(Br)c1. The maximum absolute atomic E-state index is 13.4. The second-order valence-electron chi connectivity index (χ2n) is 4.76. The molecule has 0 saturated heterocycles. The van der Waals surface area contributed by atoms with Crippen molar-refractivity contribution in [3.63, 3.8) is 0 Å². The summed E-state index contributed by atoms with van der Waals surface area (Å²) in [5.74, 6) is -0.277. The minimum absolute atomic E-state index is 0.0256. The Balaban J connectivity index is 2.17. The lowest BCUT2D eigenvalue weighted by Crippen LogP contribution is -2.06. The Labute approximate surface area is 131 Å². The van der Waals surface area contributed by atoms with Crippen molar-refractivity contribution in [3.8, 4) is 0 Å². The van der Waals surface area contributed by atoms with E-state index in [1.807, 2.05) is 42.5 Å². The van der Waals surface area contributed by atoms with Crippen LogP contribution in [-0.2, 0) is 0 Å². The maximum Gasteiger partial charge on any atom is 0.124 e. The van der Waals surface area contributed by atoms with E-state index >= 15 is 0 Å². The third-order valence-electron chi connectivity index (χ3n) is 3.39. The van der Waals surface area contributed by atoms with Gasteiger partial charge in [-0.25, -0.2) is 4.39 Å². The predicted molar refractivity (Wildman–Crippen MR) is 85.7 cm³/mol. The molecule has 21 heavy (non-hydrogen) atoms. The Bertz CT molecular complexity index is 689. The summed E-state index contributed by atoms with van der Waals surface area (Å²) in [4.78, 5) is 4.48. The first-order valence-electron chi connectivity index (χ1n) is 6.66. The van der Waals surface area contributed by atoms with Gasteiger partial charge in [-0.2, -0.15) is 0 Å². The Morgan fingerprint density at radius 2 is 1.67 bits per heavy atom. The monoisotopic (exact) mass is 341 g/mol. The van der Waals surface area contributed by atoms with Crippen molar-refractivity contribution in [3.05, 3.63) is 100 Å². The number of benzene rings is 2. The normalized spacial score (nSPS) is 12.1. The number of halogens is 2. The van der Waals surface area contributed by atoms with Crippen LogP contribution >= 0.6 is 15.9 Å². The van der Waals surface area contributed by atoms with Crippen LogP contribution < -0.4 is 0 Å². The average molecular weight is 342 g/mol. The molecule has 1 nitrogen and oxygen atoms in total. The highest BCUT2D eigenvalue weighted by atomic mass is 79.9. The van der Waals surface area contributed by atoms with E-state index in [0.717, 1.165) is 21.3 Å². The Kier molecular flexibility index (Phi) is 4.11. The average Bonchev–Trinajstić information content (AvgIpc) is 2.52. The zero-order valence-electron chi connectivity index (χ0n) is 11.2. The van der Waals surface area contributed by atoms with Gasteiger partial charge < -0.3 is 0 Å². The van der Waals surface area contributed by atoms with E-state index in [1.54, 1.807) is 6.20 Å². The van der Waals surface area contributed by atoms with E-state index in [2.05, 4.69) is 33.0 Å². The number of hydrogen-bond acceptors (Lipinski definition) is 1. The molecule has 1 aromatic heterocycles. The van der Waals surface area contributed by atoms with Crippen LogP contribution in [-0.4, -0.2) is 4.98 Å². The third kappa shape index (κ3) is 3.03. The van der Waals surface area contributed by atoms with Gasteiger partial charge in [0.1, 0.15) is 5.82 Å². The fourth-order valence-electron chi connectivity index (χ4n) is 2.44. The molecule has 3 rings (SSSR count). The van der Waals surface area contributed by atoms with Gasteiger partial charge in [-0.1, -0.05) is 58.4 Å². The molecule has 1 unspecified atom stereocenters. The molecule has 0 aliphatic rings. The molecule has 0 fully saturated rings. The van der Waals surface area contributed by atoms with Crippen molar-refractivity contribution in [1.82, 2.24) is 4.98 Å². The molecule has 0 aliphatic carbocycles. The lowest BCUT2D eigenvalue weighted by atomic mass is 9.88. The number of aromatic nitrogens is 1. The minimum atomic E-state index is -0.251. The first kappa shape index (κ1) is 14.0. The number of pyridine rings is 1. The molecule has 104 valence electrons. The first-order chi connectivity index (χ1) is 10.3. The van der Waals surface area contributed by atoms with Gasteiger partial charge in [-0.3, -0.25) is 4.98 Å². The zero-order valence-corrected chi connectivity index (χ0v) is 12.8. The zero-order chi connectivity index (χ0) is 14.7. The van der Waals surface area contributed by atoms with E-state index in [0.29, 0.717) is 0 Å². The minimum Gasteiger partial charge on any atom is -0.260 e. The molecule has 0 aliphatic heterocycles. The number of hydrogen-bond donors (Lipinski definition) is 0. The smallest absolute Gasteiger partial charge is 0.124 e. The summed E-state index contributed by atoms with van der Waals surface area (Å²) in [6.07, 6.45) is 1.78. The van der Waals surface area contributed by atoms with Gasteiger partial charge in [0.25, 0.3) is 0 Å². The van der Waals surface area contributed by atoms with Crippen molar-refractivity contribution in [2.45, 2.75) is 5.92 Å². The summed E-state index contributed by atoms with van der Waals surface area (Å²) < 4.78 is 14.1. The van der Waals surface area contributed by atoms with Crippen LogP contribution in [0.5, 0.6) is 0 Å². The lowest BCUT2D eigenvalue weighted by Gasteiger charge is -2.19. The Morgan fingerprint density at radius 1 is 0.905 bits per heavy atom. The van der Waals surface area contributed by atoms with Gasteiger partial charge in [0.2, 0.25) is 0 Å². The molecular weight excluding hydrogens is 329 g/mol. The van der Waals surface area contributed by atoms with Gasteiger partial charge >= 0.3 is 0 Å².